The molecule has 8 heteroatoms. The number of aliphatic hydroxyl groups excluding tert-OH is 1. The predicted molar refractivity (Wildman–Crippen MR) is 49.7 cm³/mol. The monoisotopic (exact) mass is 256 g/mol. The molecule has 0 aliphatic heterocycles. The van der Waals surface area contributed by atoms with E-state index in [9.17, 15) is 22.0 Å². The summed E-state index contributed by atoms with van der Waals surface area (Å²) < 4.78 is 60.6. The second-order valence-electron chi connectivity index (χ2n) is 3.21. The SMILES string of the molecule is OC(CNc1cc(C(F)(F)F)ccn1)C(F)F. The molecular formula is C9H9F5N2O. The number of nitrogens with one attached hydrogen (secondary N) is 1. The van der Waals surface area contributed by atoms with Crippen LogP contribution in [0.4, 0.5) is 27.8 Å². The maximum Gasteiger partial charge on any atom is 0.416 e. The number of halogens is 5. The van der Waals surface area contributed by atoms with Gasteiger partial charge in [-0.1, -0.05) is 0 Å². The van der Waals surface area contributed by atoms with Gasteiger partial charge in [-0.25, -0.2) is 13.8 Å². The van der Waals surface area contributed by atoms with Crippen molar-refractivity contribution >= 4 is 5.82 Å². The van der Waals surface area contributed by atoms with E-state index in [-0.39, 0.29) is 5.82 Å². The van der Waals surface area contributed by atoms with Crippen molar-refractivity contribution in [2.45, 2.75) is 18.7 Å². The molecule has 0 aromatic carbocycles. The van der Waals surface area contributed by atoms with Crippen LogP contribution in [0, 0.1) is 0 Å². The summed E-state index contributed by atoms with van der Waals surface area (Å²) in [6.07, 6.45) is -8.54. The Balaban J connectivity index is 2.67. The number of anilines is 1. The van der Waals surface area contributed by atoms with Crippen LogP contribution in [0.15, 0.2) is 18.3 Å². The van der Waals surface area contributed by atoms with E-state index in [2.05, 4.69) is 10.3 Å². The van der Waals surface area contributed by atoms with Gasteiger partial charge in [0.15, 0.2) is 0 Å². The molecule has 1 rings (SSSR count). The van der Waals surface area contributed by atoms with E-state index in [1.54, 1.807) is 0 Å². The fourth-order valence-electron chi connectivity index (χ4n) is 1.00. The van der Waals surface area contributed by atoms with Crippen LogP contribution in [0.5, 0.6) is 0 Å². The molecule has 2 N–H and O–H groups in total. The summed E-state index contributed by atoms with van der Waals surface area (Å²) in [5, 5.41) is 11.0. The van der Waals surface area contributed by atoms with E-state index in [0.717, 1.165) is 12.3 Å². The van der Waals surface area contributed by atoms with Crippen LogP contribution >= 0.6 is 0 Å². The zero-order chi connectivity index (χ0) is 13.1. The highest BCUT2D eigenvalue weighted by molar-refractivity contribution is 5.38. The van der Waals surface area contributed by atoms with E-state index in [1.165, 1.54) is 0 Å². The van der Waals surface area contributed by atoms with E-state index in [4.69, 9.17) is 5.11 Å². The average molecular weight is 256 g/mol. The van der Waals surface area contributed by atoms with E-state index in [1.807, 2.05) is 0 Å². The van der Waals surface area contributed by atoms with Gasteiger partial charge in [0, 0.05) is 12.7 Å². The van der Waals surface area contributed by atoms with Crippen molar-refractivity contribution in [2.75, 3.05) is 11.9 Å². The van der Waals surface area contributed by atoms with Crippen molar-refractivity contribution in [1.82, 2.24) is 4.98 Å². The Kier molecular flexibility index (Phi) is 4.22. The lowest BCUT2D eigenvalue weighted by molar-refractivity contribution is -0.137. The number of hydrogen-bond acceptors (Lipinski definition) is 3. The number of hydrogen-bond donors (Lipinski definition) is 2. The lowest BCUT2D eigenvalue weighted by atomic mass is 10.2. The third-order valence-corrected chi connectivity index (χ3v) is 1.87. The van der Waals surface area contributed by atoms with E-state index < -0.39 is 30.8 Å². The fraction of sp³-hybridized carbons (Fsp3) is 0.444. The minimum Gasteiger partial charge on any atom is -0.385 e. The first-order valence-corrected chi connectivity index (χ1v) is 4.54. The molecule has 0 spiro atoms. The highest BCUT2D eigenvalue weighted by atomic mass is 19.4. The number of rotatable bonds is 4. The van der Waals surface area contributed by atoms with Gasteiger partial charge in [-0.3, -0.25) is 0 Å². The summed E-state index contributed by atoms with van der Waals surface area (Å²) in [6, 6.07) is 1.44. The van der Waals surface area contributed by atoms with Gasteiger partial charge >= 0.3 is 6.18 Å². The number of aliphatic hydroxyl groups is 1. The quantitative estimate of drug-likeness (QED) is 0.811. The molecular weight excluding hydrogens is 247 g/mol. The Bertz CT molecular complexity index is 369. The van der Waals surface area contributed by atoms with Gasteiger partial charge in [0.25, 0.3) is 6.43 Å². The smallest absolute Gasteiger partial charge is 0.385 e. The number of aromatic nitrogens is 1. The lowest BCUT2D eigenvalue weighted by Gasteiger charge is -2.12. The van der Waals surface area contributed by atoms with E-state index >= 15 is 0 Å². The summed E-state index contributed by atoms with van der Waals surface area (Å²) >= 11 is 0. The first kappa shape index (κ1) is 13.6. The summed E-state index contributed by atoms with van der Waals surface area (Å²) in [7, 11) is 0. The third-order valence-electron chi connectivity index (χ3n) is 1.87. The Hall–Kier alpha value is -1.44. The molecule has 3 nitrogen and oxygen atoms in total. The van der Waals surface area contributed by atoms with Crippen LogP contribution in [0.25, 0.3) is 0 Å². The molecule has 96 valence electrons. The molecule has 0 saturated heterocycles. The predicted octanol–water partition coefficient (Wildman–Crippen LogP) is 2.14. The van der Waals surface area contributed by atoms with Crippen molar-refractivity contribution in [3.63, 3.8) is 0 Å². The maximum absolute atomic E-state index is 12.3. The van der Waals surface area contributed by atoms with Crippen LogP contribution in [0.3, 0.4) is 0 Å². The molecule has 17 heavy (non-hydrogen) atoms. The van der Waals surface area contributed by atoms with E-state index in [0.29, 0.717) is 6.07 Å². The lowest BCUT2D eigenvalue weighted by Crippen LogP contribution is -2.27. The second-order valence-corrected chi connectivity index (χ2v) is 3.21. The Morgan fingerprint density at radius 3 is 2.53 bits per heavy atom. The molecule has 0 aliphatic rings. The topological polar surface area (TPSA) is 45.1 Å². The van der Waals surface area contributed by atoms with Crippen LogP contribution in [-0.2, 0) is 6.18 Å². The van der Waals surface area contributed by atoms with Gasteiger partial charge in [0.2, 0.25) is 0 Å². The number of pyridine rings is 1. The summed E-state index contributed by atoms with van der Waals surface area (Å²) in [4.78, 5) is 3.52. The minimum atomic E-state index is -4.53. The molecule has 1 aromatic heterocycles. The van der Waals surface area contributed by atoms with Crippen LogP contribution in [0.1, 0.15) is 5.56 Å². The number of alkyl halides is 5. The minimum absolute atomic E-state index is 0.223. The first-order chi connectivity index (χ1) is 7.80. The molecule has 0 amide bonds. The summed E-state index contributed by atoms with van der Waals surface area (Å²) in [5.74, 6) is -0.223. The van der Waals surface area contributed by atoms with Gasteiger partial charge < -0.3 is 10.4 Å². The number of nitrogens with zero attached hydrogens (tertiary/aromatic N) is 1. The summed E-state index contributed by atoms with van der Waals surface area (Å²) in [6.45, 7) is -0.577. The van der Waals surface area contributed by atoms with Crippen LogP contribution in [-0.4, -0.2) is 29.2 Å². The zero-order valence-corrected chi connectivity index (χ0v) is 8.38. The van der Waals surface area contributed by atoms with Crippen molar-refractivity contribution in [3.05, 3.63) is 23.9 Å². The van der Waals surface area contributed by atoms with Gasteiger partial charge in [-0.15, -0.1) is 0 Å². The fourth-order valence-corrected chi connectivity index (χ4v) is 1.00. The Labute approximate surface area is 93.3 Å². The standard InChI is InChI=1S/C9H9F5N2O/c10-8(11)6(17)4-16-7-3-5(1-2-15-7)9(12,13)14/h1-3,6,8,17H,4H2,(H,15,16). The molecule has 1 atom stereocenters. The highest BCUT2D eigenvalue weighted by Crippen LogP contribution is 2.29. The largest absolute Gasteiger partial charge is 0.416 e. The molecule has 0 fully saturated rings. The third kappa shape index (κ3) is 4.14. The normalized spacial score (nSPS) is 13.8. The zero-order valence-electron chi connectivity index (χ0n) is 8.38. The van der Waals surface area contributed by atoms with Gasteiger partial charge in [-0.2, -0.15) is 13.2 Å². The maximum atomic E-state index is 12.3. The molecule has 0 bridgehead atoms. The molecule has 1 heterocycles. The average Bonchev–Trinajstić information content (AvgIpc) is 2.25. The van der Waals surface area contributed by atoms with Crippen molar-refractivity contribution in [1.29, 1.82) is 0 Å². The van der Waals surface area contributed by atoms with Gasteiger partial charge in [0.1, 0.15) is 11.9 Å². The molecule has 1 aromatic rings. The first-order valence-electron chi connectivity index (χ1n) is 4.54. The van der Waals surface area contributed by atoms with Gasteiger partial charge in [0.05, 0.1) is 5.56 Å². The van der Waals surface area contributed by atoms with Crippen molar-refractivity contribution in [2.24, 2.45) is 0 Å². The van der Waals surface area contributed by atoms with Gasteiger partial charge in [-0.05, 0) is 12.1 Å². The second kappa shape index (κ2) is 5.26. The molecule has 0 saturated carbocycles. The Morgan fingerprint density at radius 1 is 1.35 bits per heavy atom. The summed E-state index contributed by atoms with van der Waals surface area (Å²) in [5.41, 5.74) is -0.943. The van der Waals surface area contributed by atoms with Crippen molar-refractivity contribution < 1.29 is 27.1 Å². The van der Waals surface area contributed by atoms with Crippen LogP contribution < -0.4 is 5.32 Å². The Morgan fingerprint density at radius 2 is 2.00 bits per heavy atom. The molecule has 0 aliphatic carbocycles. The molecule has 1 unspecified atom stereocenters. The highest BCUT2D eigenvalue weighted by Gasteiger charge is 2.30. The van der Waals surface area contributed by atoms with Crippen LogP contribution in [0.2, 0.25) is 0 Å². The molecule has 0 radical (unpaired) electrons. The van der Waals surface area contributed by atoms with Crippen molar-refractivity contribution in [3.8, 4) is 0 Å².